The zero-order chi connectivity index (χ0) is 74.1. The zero-order valence-electron chi connectivity index (χ0n) is 58.2. The summed E-state index contributed by atoms with van der Waals surface area (Å²) in [6.07, 6.45) is 9.08. The van der Waals surface area contributed by atoms with E-state index in [9.17, 15) is 44.2 Å². The Balaban J connectivity index is 0.000000294. The maximum atomic E-state index is 12.7. The fourth-order valence-corrected chi connectivity index (χ4v) is 10.1. The first-order valence-electron chi connectivity index (χ1n) is 30.1. The molecule has 0 saturated carbocycles. The normalized spacial score (nSPS) is 11.5. The number of rotatable bonds is 15. The van der Waals surface area contributed by atoms with Gasteiger partial charge < -0.3 is 69.9 Å². The molecule has 0 atom stereocenters. The van der Waals surface area contributed by atoms with E-state index in [-0.39, 0.29) is 182 Å². The Morgan fingerprint density at radius 1 is 0.566 bits per heavy atom. The topological polar surface area (TPSA) is 391 Å². The van der Waals surface area contributed by atoms with Crippen LogP contribution in [0.2, 0.25) is 0 Å². The summed E-state index contributed by atoms with van der Waals surface area (Å²) >= 11 is 8.38. The van der Waals surface area contributed by atoms with Crippen LogP contribution in [0.5, 0.6) is 51.7 Å². The second-order valence-electron chi connectivity index (χ2n) is 20.8. The summed E-state index contributed by atoms with van der Waals surface area (Å²) in [4.78, 5) is 119. The van der Waals surface area contributed by atoms with Crippen molar-refractivity contribution < 1.29 is 216 Å². The number of hydrogen-bond acceptors (Lipinski definition) is 24. The van der Waals surface area contributed by atoms with Crippen molar-refractivity contribution >= 4 is 119 Å². The molecule has 0 bridgehead atoms. The molecule has 0 radical (unpaired) electrons. The summed E-state index contributed by atoms with van der Waals surface area (Å²) in [6, 6.07) is 41.9. The van der Waals surface area contributed by atoms with Crippen molar-refractivity contribution in [2.24, 2.45) is 0 Å². The predicted molar refractivity (Wildman–Crippen MR) is 386 cm³/mol. The number of benzene rings is 5. The summed E-state index contributed by atoms with van der Waals surface area (Å²) < 4.78 is 38.8. The fraction of sp³-hybridized carbons (Fsp3) is 0.157. The largest absolute Gasteiger partial charge is 1.00 e. The molecule has 11 aromatic rings. The van der Waals surface area contributed by atoms with E-state index < -0.39 is 21.2 Å². The molecule has 8 heterocycles. The second-order valence-corrected chi connectivity index (χ2v) is 22.0. The number of aryl methyl sites for hydroxylation is 1. The molecule has 5 aromatic carbocycles. The first-order valence-corrected chi connectivity index (χ1v) is 31.3. The molecule has 36 heteroatoms. The molecule has 0 aliphatic carbocycles. The molecule has 106 heavy (non-hydrogen) atoms. The van der Waals surface area contributed by atoms with Gasteiger partial charge in [0.1, 0.15) is 28.8 Å². The number of urea groups is 3. The van der Waals surface area contributed by atoms with Gasteiger partial charge >= 0.3 is 173 Å². The molecule has 540 valence electrons. The van der Waals surface area contributed by atoms with Gasteiger partial charge in [0.2, 0.25) is 0 Å². The molecule has 2 saturated heterocycles. The SMILES string of the molecule is C.COc1cc2[nH]ccc(=O)c2cc1OC.COc1cc2c(Oc3ccc(NC(=O)N4CCN(c5ccccc5)C4=O)nc3)ccnc2cc1C.COc1cc2nccc(Oc3ccc([N+](=O)[O-])nc3)c2cc1OC.O=C(Cl)N1CCN(c2ccccc2)C1=O.O=CO[O-].O=[N+]([O-])c1ccc(Br)cn1.[Cs+].[Cs+].[H-]. The van der Waals surface area contributed by atoms with Crippen molar-refractivity contribution in [3.8, 4) is 51.7 Å². The summed E-state index contributed by atoms with van der Waals surface area (Å²) in [7, 11) is 7.82. The van der Waals surface area contributed by atoms with Gasteiger partial charge in [0.25, 0.3) is 6.47 Å². The summed E-state index contributed by atoms with van der Waals surface area (Å²) in [5, 5.41) is 33.2. The van der Waals surface area contributed by atoms with Crippen LogP contribution < -0.4 is 197 Å². The molecule has 2 aliphatic heterocycles. The number of halogens is 2. The number of fused-ring (bicyclic) bond motifs is 3. The standard InChI is InChI=1S/C26H23N5O4.C16H13N3O5.C11H11NO3.C10H9ClN2O2.C5H3BrN2O2.CH2O3.CH4.2Cs.H/c1-17-14-21-20(15-23(17)34-2)22(10-11-27-21)35-19-8-9-24(28-16-19)29-25(32)31-13-12-30(26(31)33)18-6-4-3-5-7-18;1-22-14-7-11-12(8-15(14)23-2)17-6-5-13(11)24-10-3-4-16(18-9-10)19(20)21;1-14-10-5-7-8(6-11(10)15-2)12-4-3-9(7)13;11-9(14)13-7-6-12(10(13)15)8-4-2-1-3-5-8;6-4-1-2-5(7-3-4)8(9)10;2-1-4-3;;;;/h3-11,14-16H,12-13H2,1-2H3,(H,28,29,32);3-9H,1-2H3;3-6H,1-2H3,(H,12,13);1-5H,6-7H2;1-3H;1,3H;1H4;;;/q;;;;;;;2*+1;-1/p-1. The molecular formula is C70H65BrClCs2N13O19. The molecule has 13 rings (SSSR count). The Morgan fingerprint density at radius 2 is 1.02 bits per heavy atom. The van der Waals surface area contributed by atoms with Crippen LogP contribution in [0, 0.1) is 27.2 Å². The number of methoxy groups -OCH3 is 5. The van der Waals surface area contributed by atoms with Crippen molar-refractivity contribution in [2.75, 3.05) is 76.8 Å². The van der Waals surface area contributed by atoms with Crippen molar-refractivity contribution in [2.45, 2.75) is 14.4 Å². The minimum atomic E-state index is -0.724. The molecule has 0 unspecified atom stereocenters. The van der Waals surface area contributed by atoms with Gasteiger partial charge in [-0.3, -0.25) is 39.5 Å². The number of aromatic nitrogens is 6. The number of amides is 7. The van der Waals surface area contributed by atoms with E-state index in [0.29, 0.717) is 94.3 Å². The average molecular weight is 1770 g/mol. The molecule has 32 nitrogen and oxygen atoms in total. The van der Waals surface area contributed by atoms with E-state index in [1.807, 2.05) is 79.7 Å². The third kappa shape index (κ3) is 23.7. The number of hydrogen-bond donors (Lipinski definition) is 2. The first kappa shape index (κ1) is 87.6. The average Bonchev–Trinajstić information content (AvgIpc) is 1.70. The van der Waals surface area contributed by atoms with Crippen LogP contribution in [-0.4, -0.2) is 141 Å². The number of anilines is 3. The van der Waals surface area contributed by atoms with Gasteiger partial charge in [-0.2, -0.15) is 0 Å². The monoisotopic (exact) mass is 1770 g/mol. The van der Waals surface area contributed by atoms with Crippen LogP contribution >= 0.6 is 27.5 Å². The van der Waals surface area contributed by atoms with Gasteiger partial charge in [0.05, 0.1) is 69.3 Å². The third-order valence-electron chi connectivity index (χ3n) is 14.6. The molecule has 2 fully saturated rings. The van der Waals surface area contributed by atoms with Gasteiger partial charge in [-0.1, -0.05) is 43.8 Å². The Bertz CT molecular complexity index is 4890. The van der Waals surface area contributed by atoms with E-state index in [4.69, 9.17) is 54.8 Å². The molecule has 2 N–H and O–H groups in total. The molecule has 6 aromatic heterocycles. The van der Waals surface area contributed by atoms with E-state index >= 15 is 0 Å². The van der Waals surface area contributed by atoms with Gasteiger partial charge in [-0.15, -0.1) is 0 Å². The Labute approximate surface area is 737 Å². The van der Waals surface area contributed by atoms with Gasteiger partial charge in [-0.25, -0.2) is 29.2 Å². The Hall–Kier alpha value is -9.04. The van der Waals surface area contributed by atoms with Gasteiger partial charge in [0.15, 0.2) is 46.6 Å². The fourth-order valence-electron chi connectivity index (χ4n) is 9.68. The Kier molecular flexibility index (Phi) is 36.0. The molecule has 2 aliphatic rings. The molecule has 0 spiro atoms. The third-order valence-corrected chi connectivity index (χ3v) is 15.2. The van der Waals surface area contributed by atoms with E-state index in [1.165, 1.54) is 47.8 Å². The quantitative estimate of drug-likeness (QED) is 0.0253. The zero-order valence-corrected chi connectivity index (χ0v) is 72.1. The smallest absolute Gasteiger partial charge is 1.00 e. The first-order chi connectivity index (χ1) is 49.7. The molecule has 7 amide bonds. The van der Waals surface area contributed by atoms with Gasteiger partial charge in [-0.05, 0) is 145 Å². The van der Waals surface area contributed by atoms with Crippen LogP contribution in [0.15, 0.2) is 198 Å². The van der Waals surface area contributed by atoms with Crippen LogP contribution in [0.1, 0.15) is 14.4 Å². The van der Waals surface area contributed by atoms with Crippen LogP contribution in [0.4, 0.5) is 48.0 Å². The van der Waals surface area contributed by atoms with Crippen molar-refractivity contribution in [3.63, 3.8) is 0 Å². The number of pyridine rings is 6. The minimum absolute atomic E-state index is 0. The van der Waals surface area contributed by atoms with E-state index in [0.717, 1.165) is 53.4 Å². The van der Waals surface area contributed by atoms with Crippen LogP contribution in [-0.2, 0) is 9.68 Å². The van der Waals surface area contributed by atoms with Crippen molar-refractivity contribution in [1.29, 1.82) is 0 Å². The maximum Gasteiger partial charge on any atom is 1.00 e. The number of ether oxygens (including phenoxy) is 7. The molecular weight excluding hydrogens is 1710 g/mol. The number of imide groups is 2. The number of nitrogens with zero attached hydrogens (tertiary/aromatic N) is 11. The van der Waals surface area contributed by atoms with Crippen molar-refractivity contribution in [1.82, 2.24) is 39.7 Å². The number of H-pyrrole nitrogens is 1. The van der Waals surface area contributed by atoms with Crippen LogP contribution in [0.3, 0.4) is 0 Å². The van der Waals surface area contributed by atoms with E-state index in [1.54, 1.807) is 114 Å². The maximum absolute atomic E-state index is 12.7. The summed E-state index contributed by atoms with van der Waals surface area (Å²) in [6.45, 7) is 3.33. The number of aromatic amines is 1. The minimum Gasteiger partial charge on any atom is -1.00 e. The number of para-hydroxylation sites is 2. The number of carbonyl (C=O) groups excluding carboxylic acids is 5. The number of nitrogens with one attached hydrogen (secondary N) is 2. The Morgan fingerprint density at radius 3 is 1.47 bits per heavy atom. The van der Waals surface area contributed by atoms with Crippen LogP contribution in [0.25, 0.3) is 32.7 Å². The summed E-state index contributed by atoms with van der Waals surface area (Å²) in [5.74, 6) is 4.94. The predicted octanol–water partition coefficient (Wildman–Crippen LogP) is 7.34. The van der Waals surface area contributed by atoms with E-state index in [2.05, 4.69) is 56.0 Å². The number of nitro groups is 2. The number of carbonyl (C=O) groups is 5. The summed E-state index contributed by atoms with van der Waals surface area (Å²) in [5.41, 5.74) is 4.67. The van der Waals surface area contributed by atoms with Gasteiger partial charge in [0, 0.05) is 96.1 Å². The van der Waals surface area contributed by atoms with Crippen molar-refractivity contribution in [3.05, 3.63) is 229 Å². The second kappa shape index (κ2) is 43.6.